The first kappa shape index (κ1) is 20.9. The Labute approximate surface area is 179 Å². The van der Waals surface area contributed by atoms with Crippen molar-refractivity contribution in [1.29, 1.82) is 0 Å². The molecule has 1 amide bonds. The van der Waals surface area contributed by atoms with Gasteiger partial charge in [-0.1, -0.05) is 26.8 Å². The summed E-state index contributed by atoms with van der Waals surface area (Å²) in [4.78, 5) is 15.7. The smallest absolute Gasteiger partial charge is 0.267 e. The third-order valence-electron chi connectivity index (χ3n) is 5.06. The summed E-state index contributed by atoms with van der Waals surface area (Å²) >= 11 is 0. The van der Waals surface area contributed by atoms with Crippen molar-refractivity contribution in [3.8, 4) is 0 Å². The van der Waals surface area contributed by atoms with Gasteiger partial charge in [-0.05, 0) is 53.4 Å². The fraction of sp³-hybridized carbons (Fsp3) is 0.174. The van der Waals surface area contributed by atoms with Gasteiger partial charge in [-0.25, -0.2) is 16.8 Å². The molecule has 4 aromatic rings. The molecule has 0 aliphatic carbocycles. The number of carbonyl (C=O) groups is 1. The SMILES string of the molecule is CC(C)(C)c1ccc(NC(=O)c2ccn(S(=O)(=O)c3ccc4[nH]ccc4c3)c2)cc1F. The van der Waals surface area contributed by atoms with Crippen LogP contribution in [0.1, 0.15) is 36.7 Å². The molecule has 2 heterocycles. The average molecular weight is 440 g/mol. The lowest BCUT2D eigenvalue weighted by atomic mass is 9.86. The molecule has 0 saturated heterocycles. The zero-order chi connectivity index (χ0) is 22.4. The van der Waals surface area contributed by atoms with Gasteiger partial charge in [0.2, 0.25) is 0 Å². The predicted molar refractivity (Wildman–Crippen MR) is 118 cm³/mol. The van der Waals surface area contributed by atoms with E-state index in [0.717, 1.165) is 14.9 Å². The molecule has 2 aromatic heterocycles. The number of carbonyl (C=O) groups excluding carboxylic acids is 1. The molecule has 31 heavy (non-hydrogen) atoms. The lowest BCUT2D eigenvalue weighted by Crippen LogP contribution is -2.16. The Hall–Kier alpha value is -3.39. The van der Waals surface area contributed by atoms with Crippen LogP contribution in [0.2, 0.25) is 0 Å². The molecule has 6 nitrogen and oxygen atoms in total. The molecular formula is C23H22FN3O3S. The molecule has 160 valence electrons. The van der Waals surface area contributed by atoms with E-state index < -0.39 is 21.7 Å². The summed E-state index contributed by atoms with van der Waals surface area (Å²) < 4.78 is 41.3. The number of halogens is 1. The summed E-state index contributed by atoms with van der Waals surface area (Å²) in [6.45, 7) is 5.71. The third kappa shape index (κ3) is 3.98. The van der Waals surface area contributed by atoms with Crippen molar-refractivity contribution in [2.75, 3.05) is 5.32 Å². The van der Waals surface area contributed by atoms with E-state index in [4.69, 9.17) is 0 Å². The summed E-state index contributed by atoms with van der Waals surface area (Å²) in [5.74, 6) is -0.941. The van der Waals surface area contributed by atoms with E-state index in [9.17, 15) is 17.6 Å². The fourth-order valence-electron chi connectivity index (χ4n) is 3.38. The number of nitrogens with zero attached hydrogens (tertiary/aromatic N) is 1. The minimum atomic E-state index is -3.86. The van der Waals surface area contributed by atoms with Crippen molar-refractivity contribution in [3.05, 3.63) is 84.1 Å². The molecule has 2 aromatic carbocycles. The third-order valence-corrected chi connectivity index (χ3v) is 6.70. The highest BCUT2D eigenvalue weighted by molar-refractivity contribution is 7.90. The van der Waals surface area contributed by atoms with Crippen molar-refractivity contribution in [1.82, 2.24) is 8.96 Å². The zero-order valence-electron chi connectivity index (χ0n) is 17.3. The van der Waals surface area contributed by atoms with Crippen molar-refractivity contribution in [3.63, 3.8) is 0 Å². The van der Waals surface area contributed by atoms with E-state index in [2.05, 4.69) is 10.3 Å². The molecule has 0 radical (unpaired) electrons. The molecule has 0 unspecified atom stereocenters. The minimum Gasteiger partial charge on any atom is -0.361 e. The minimum absolute atomic E-state index is 0.113. The Balaban J connectivity index is 1.56. The predicted octanol–water partition coefficient (Wildman–Crippen LogP) is 4.90. The normalized spacial score (nSPS) is 12.3. The molecule has 0 bridgehead atoms. The second-order valence-corrected chi connectivity index (χ2v) is 10.2. The quantitative estimate of drug-likeness (QED) is 0.475. The maximum Gasteiger partial charge on any atom is 0.267 e. The number of amides is 1. The Bertz CT molecular complexity index is 1390. The molecule has 0 aliphatic rings. The van der Waals surface area contributed by atoms with Crippen LogP contribution in [-0.2, 0) is 15.4 Å². The number of hydrogen-bond acceptors (Lipinski definition) is 3. The second kappa shape index (κ2) is 7.39. The van der Waals surface area contributed by atoms with Gasteiger partial charge < -0.3 is 10.3 Å². The average Bonchev–Trinajstić information content (AvgIpc) is 3.36. The molecule has 0 atom stereocenters. The summed E-state index contributed by atoms with van der Waals surface area (Å²) in [5, 5.41) is 3.38. The van der Waals surface area contributed by atoms with Gasteiger partial charge in [0.25, 0.3) is 15.9 Å². The Morgan fingerprint density at radius 1 is 1.06 bits per heavy atom. The first-order valence-corrected chi connectivity index (χ1v) is 11.1. The first-order valence-electron chi connectivity index (χ1n) is 9.68. The summed E-state index contributed by atoms with van der Waals surface area (Å²) in [7, 11) is -3.86. The van der Waals surface area contributed by atoms with Crippen molar-refractivity contribution in [2.45, 2.75) is 31.1 Å². The highest BCUT2D eigenvalue weighted by atomic mass is 32.2. The van der Waals surface area contributed by atoms with Gasteiger partial charge >= 0.3 is 0 Å². The standard InChI is InChI=1S/C23H22FN3O3S/c1-23(2,3)19-6-4-17(13-20(19)24)26-22(28)16-9-11-27(14-16)31(29,30)18-5-7-21-15(12-18)8-10-25-21/h4-14,25H,1-3H3,(H,26,28). The Kier molecular flexibility index (Phi) is 4.97. The maximum atomic E-state index is 14.4. The van der Waals surface area contributed by atoms with Gasteiger partial charge in [0.15, 0.2) is 0 Å². The lowest BCUT2D eigenvalue weighted by molar-refractivity contribution is 0.102. The van der Waals surface area contributed by atoms with E-state index in [1.165, 1.54) is 30.6 Å². The number of aromatic amines is 1. The van der Waals surface area contributed by atoms with Crippen molar-refractivity contribution in [2.24, 2.45) is 0 Å². The number of fused-ring (bicyclic) bond motifs is 1. The Morgan fingerprint density at radius 2 is 1.84 bits per heavy atom. The zero-order valence-corrected chi connectivity index (χ0v) is 18.1. The van der Waals surface area contributed by atoms with Crippen LogP contribution in [-0.4, -0.2) is 23.3 Å². The van der Waals surface area contributed by atoms with E-state index in [1.54, 1.807) is 36.5 Å². The monoisotopic (exact) mass is 439 g/mol. The van der Waals surface area contributed by atoms with Crippen LogP contribution < -0.4 is 5.32 Å². The number of nitrogens with one attached hydrogen (secondary N) is 2. The number of H-pyrrole nitrogens is 1. The summed E-state index contributed by atoms with van der Waals surface area (Å²) in [6, 6.07) is 12.5. The molecule has 0 fully saturated rings. The molecule has 8 heteroatoms. The molecule has 0 aliphatic heterocycles. The van der Waals surface area contributed by atoms with Gasteiger partial charge in [-0.3, -0.25) is 4.79 Å². The van der Waals surface area contributed by atoms with Crippen LogP contribution in [0.5, 0.6) is 0 Å². The largest absolute Gasteiger partial charge is 0.361 e. The van der Waals surface area contributed by atoms with E-state index in [0.29, 0.717) is 11.3 Å². The second-order valence-electron chi connectivity index (χ2n) is 8.36. The van der Waals surface area contributed by atoms with Gasteiger partial charge in [-0.2, -0.15) is 0 Å². The number of rotatable bonds is 4. The van der Waals surface area contributed by atoms with Crippen LogP contribution in [0, 0.1) is 5.82 Å². The first-order chi connectivity index (χ1) is 14.6. The van der Waals surface area contributed by atoms with Gasteiger partial charge in [0.05, 0.1) is 10.5 Å². The molecule has 0 saturated carbocycles. The maximum absolute atomic E-state index is 14.4. The van der Waals surface area contributed by atoms with Crippen LogP contribution in [0.4, 0.5) is 10.1 Å². The Morgan fingerprint density at radius 3 is 2.55 bits per heavy atom. The fourth-order valence-corrected chi connectivity index (χ4v) is 4.61. The van der Waals surface area contributed by atoms with Crippen LogP contribution >= 0.6 is 0 Å². The highest BCUT2D eigenvalue weighted by Crippen LogP contribution is 2.27. The van der Waals surface area contributed by atoms with E-state index in [-0.39, 0.29) is 15.9 Å². The van der Waals surface area contributed by atoms with Gasteiger partial charge in [0, 0.05) is 35.2 Å². The lowest BCUT2D eigenvalue weighted by Gasteiger charge is -2.20. The molecule has 2 N–H and O–H groups in total. The summed E-state index contributed by atoms with van der Waals surface area (Å²) in [6.07, 6.45) is 4.29. The van der Waals surface area contributed by atoms with Crippen LogP contribution in [0.15, 0.2) is 72.0 Å². The molecule has 0 spiro atoms. The molecular weight excluding hydrogens is 417 g/mol. The van der Waals surface area contributed by atoms with E-state index in [1.807, 2.05) is 20.8 Å². The molecule has 4 rings (SSSR count). The van der Waals surface area contributed by atoms with Gasteiger partial charge in [-0.15, -0.1) is 0 Å². The topological polar surface area (TPSA) is 84.0 Å². The van der Waals surface area contributed by atoms with E-state index >= 15 is 0 Å². The number of anilines is 1. The van der Waals surface area contributed by atoms with Crippen molar-refractivity contribution >= 4 is 32.5 Å². The number of hydrogen-bond donors (Lipinski definition) is 2. The number of benzene rings is 2. The summed E-state index contributed by atoms with van der Waals surface area (Å²) in [5.41, 5.74) is 1.45. The van der Waals surface area contributed by atoms with Gasteiger partial charge in [0.1, 0.15) is 5.82 Å². The van der Waals surface area contributed by atoms with Crippen molar-refractivity contribution < 1.29 is 17.6 Å². The number of aromatic nitrogens is 2. The highest BCUT2D eigenvalue weighted by Gasteiger charge is 2.21. The van der Waals surface area contributed by atoms with Crippen LogP contribution in [0.3, 0.4) is 0 Å². The van der Waals surface area contributed by atoms with Crippen LogP contribution in [0.25, 0.3) is 10.9 Å².